The number of carbonyl (C=O) groups excluding carboxylic acids is 1. The van der Waals surface area contributed by atoms with Crippen LogP contribution in [-0.4, -0.2) is 5.91 Å². The average Bonchev–Trinajstić information content (AvgIpc) is 3.21. The van der Waals surface area contributed by atoms with Crippen molar-refractivity contribution in [3.63, 3.8) is 0 Å². The SMILES string of the molecule is C=CC1(c2ccccc2)CC1(C(N)=O)c1ccccc1. The number of benzene rings is 2. The highest BCUT2D eigenvalue weighted by Gasteiger charge is 2.71. The highest BCUT2D eigenvalue weighted by Crippen LogP contribution is 2.66. The number of primary amides is 1. The second-order valence-electron chi connectivity index (χ2n) is 5.35. The van der Waals surface area contributed by atoms with Gasteiger partial charge < -0.3 is 5.73 Å². The first-order chi connectivity index (χ1) is 9.67. The van der Waals surface area contributed by atoms with E-state index in [0.29, 0.717) is 6.42 Å². The van der Waals surface area contributed by atoms with Crippen molar-refractivity contribution in [2.75, 3.05) is 0 Å². The fraction of sp³-hybridized carbons (Fsp3) is 0.167. The van der Waals surface area contributed by atoms with E-state index in [1.54, 1.807) is 0 Å². The zero-order chi connectivity index (χ0) is 14.2. The van der Waals surface area contributed by atoms with Gasteiger partial charge in [0.1, 0.15) is 0 Å². The number of hydrogen-bond donors (Lipinski definition) is 1. The third-order valence-corrected chi connectivity index (χ3v) is 4.51. The second-order valence-corrected chi connectivity index (χ2v) is 5.35. The Morgan fingerprint density at radius 2 is 1.50 bits per heavy atom. The van der Waals surface area contributed by atoms with E-state index in [0.717, 1.165) is 11.1 Å². The minimum Gasteiger partial charge on any atom is -0.369 e. The highest BCUT2D eigenvalue weighted by atomic mass is 16.1. The molecule has 1 fully saturated rings. The van der Waals surface area contributed by atoms with Crippen LogP contribution >= 0.6 is 0 Å². The quantitative estimate of drug-likeness (QED) is 0.847. The van der Waals surface area contributed by atoms with Crippen LogP contribution in [0.5, 0.6) is 0 Å². The molecule has 2 atom stereocenters. The fourth-order valence-corrected chi connectivity index (χ4v) is 3.35. The normalized spacial score (nSPS) is 27.8. The Hall–Kier alpha value is -2.35. The first kappa shape index (κ1) is 12.7. The van der Waals surface area contributed by atoms with E-state index in [4.69, 9.17) is 5.73 Å². The Labute approximate surface area is 118 Å². The van der Waals surface area contributed by atoms with Crippen molar-refractivity contribution in [3.05, 3.63) is 84.4 Å². The third kappa shape index (κ3) is 1.48. The van der Waals surface area contributed by atoms with E-state index in [-0.39, 0.29) is 11.3 Å². The van der Waals surface area contributed by atoms with Gasteiger partial charge in [0.2, 0.25) is 5.91 Å². The molecule has 1 aliphatic carbocycles. The lowest BCUT2D eigenvalue weighted by atomic mass is 9.81. The van der Waals surface area contributed by atoms with Crippen molar-refractivity contribution >= 4 is 5.91 Å². The standard InChI is InChI=1S/C18H17NO/c1-2-17(14-9-5-3-6-10-14)13-18(17,16(19)20)15-11-7-4-8-12-15/h2-12H,1,13H2,(H2,19,20). The summed E-state index contributed by atoms with van der Waals surface area (Å²) in [6, 6.07) is 19.8. The lowest BCUT2D eigenvalue weighted by molar-refractivity contribution is -0.120. The van der Waals surface area contributed by atoms with Gasteiger partial charge in [0.15, 0.2) is 0 Å². The first-order valence-corrected chi connectivity index (χ1v) is 6.72. The van der Waals surface area contributed by atoms with Crippen molar-refractivity contribution in [1.82, 2.24) is 0 Å². The number of nitrogens with two attached hydrogens (primary N) is 1. The number of allylic oxidation sites excluding steroid dienone is 1. The summed E-state index contributed by atoms with van der Waals surface area (Å²) < 4.78 is 0. The van der Waals surface area contributed by atoms with Gasteiger partial charge in [-0.3, -0.25) is 4.79 Å². The molecular weight excluding hydrogens is 246 g/mol. The molecule has 3 rings (SSSR count). The lowest BCUT2D eigenvalue weighted by Gasteiger charge is -2.21. The van der Waals surface area contributed by atoms with Gasteiger partial charge in [-0.2, -0.15) is 0 Å². The van der Waals surface area contributed by atoms with Gasteiger partial charge >= 0.3 is 0 Å². The van der Waals surface area contributed by atoms with Gasteiger partial charge in [-0.05, 0) is 17.5 Å². The molecule has 2 unspecified atom stereocenters. The zero-order valence-corrected chi connectivity index (χ0v) is 11.3. The van der Waals surface area contributed by atoms with Gasteiger partial charge in [-0.15, -0.1) is 6.58 Å². The molecule has 0 saturated heterocycles. The molecule has 0 spiro atoms. The molecule has 1 saturated carbocycles. The van der Waals surface area contributed by atoms with Crippen LogP contribution < -0.4 is 5.73 Å². The number of rotatable bonds is 4. The van der Waals surface area contributed by atoms with E-state index in [1.807, 2.05) is 66.7 Å². The van der Waals surface area contributed by atoms with Crippen molar-refractivity contribution in [2.45, 2.75) is 17.3 Å². The Morgan fingerprint density at radius 1 is 1.00 bits per heavy atom. The fourth-order valence-electron chi connectivity index (χ4n) is 3.35. The largest absolute Gasteiger partial charge is 0.369 e. The molecule has 2 aromatic rings. The van der Waals surface area contributed by atoms with Crippen molar-refractivity contribution in [1.29, 1.82) is 0 Å². The van der Waals surface area contributed by atoms with Gasteiger partial charge in [0.25, 0.3) is 0 Å². The van der Waals surface area contributed by atoms with Gasteiger partial charge in [-0.25, -0.2) is 0 Å². The van der Waals surface area contributed by atoms with Crippen LogP contribution in [0.25, 0.3) is 0 Å². The Morgan fingerprint density at radius 3 is 1.95 bits per heavy atom. The Bertz CT molecular complexity index is 650. The monoisotopic (exact) mass is 263 g/mol. The first-order valence-electron chi connectivity index (χ1n) is 6.72. The molecule has 1 amide bonds. The Kier molecular flexibility index (Phi) is 2.75. The maximum Gasteiger partial charge on any atom is 0.229 e. The van der Waals surface area contributed by atoms with Crippen LogP contribution in [0.2, 0.25) is 0 Å². The summed E-state index contributed by atoms with van der Waals surface area (Å²) >= 11 is 0. The van der Waals surface area contributed by atoms with E-state index >= 15 is 0 Å². The molecule has 100 valence electrons. The molecule has 1 aliphatic rings. The average molecular weight is 263 g/mol. The van der Waals surface area contributed by atoms with Crippen molar-refractivity contribution < 1.29 is 4.79 Å². The van der Waals surface area contributed by atoms with Gasteiger partial charge in [0.05, 0.1) is 5.41 Å². The highest BCUT2D eigenvalue weighted by molar-refractivity contribution is 5.95. The van der Waals surface area contributed by atoms with Gasteiger partial charge in [-0.1, -0.05) is 66.7 Å². The predicted molar refractivity (Wildman–Crippen MR) is 80.2 cm³/mol. The predicted octanol–water partition coefficient (Wildman–Crippen LogP) is 2.94. The molecule has 2 nitrogen and oxygen atoms in total. The summed E-state index contributed by atoms with van der Waals surface area (Å²) in [6.45, 7) is 3.97. The minimum absolute atomic E-state index is 0.285. The number of carbonyl (C=O) groups is 1. The summed E-state index contributed by atoms with van der Waals surface area (Å²) in [5.74, 6) is -0.285. The molecule has 2 aromatic carbocycles. The third-order valence-electron chi connectivity index (χ3n) is 4.51. The van der Waals surface area contributed by atoms with E-state index in [1.165, 1.54) is 0 Å². The minimum atomic E-state index is -0.669. The summed E-state index contributed by atoms with van der Waals surface area (Å²) in [5.41, 5.74) is 6.77. The molecule has 0 aliphatic heterocycles. The van der Waals surface area contributed by atoms with Crippen LogP contribution in [0, 0.1) is 0 Å². The summed E-state index contributed by atoms with van der Waals surface area (Å²) in [4.78, 5) is 12.2. The number of amides is 1. The molecule has 0 radical (unpaired) electrons. The van der Waals surface area contributed by atoms with Crippen LogP contribution in [0.15, 0.2) is 73.3 Å². The van der Waals surface area contributed by atoms with Crippen LogP contribution in [0.1, 0.15) is 17.5 Å². The Balaban J connectivity index is 2.17. The lowest BCUT2D eigenvalue weighted by Crippen LogP contribution is -2.35. The topological polar surface area (TPSA) is 43.1 Å². The molecular formula is C18H17NO. The summed E-state index contributed by atoms with van der Waals surface area (Å²) in [5, 5.41) is 0. The van der Waals surface area contributed by atoms with Gasteiger partial charge in [0, 0.05) is 5.41 Å². The van der Waals surface area contributed by atoms with Crippen LogP contribution in [0.4, 0.5) is 0 Å². The zero-order valence-electron chi connectivity index (χ0n) is 11.3. The second kappa shape index (κ2) is 4.34. The van der Waals surface area contributed by atoms with Crippen molar-refractivity contribution in [2.24, 2.45) is 5.73 Å². The van der Waals surface area contributed by atoms with E-state index < -0.39 is 5.41 Å². The molecule has 20 heavy (non-hydrogen) atoms. The van der Waals surface area contributed by atoms with Crippen molar-refractivity contribution in [3.8, 4) is 0 Å². The summed E-state index contributed by atoms with van der Waals surface area (Å²) in [7, 11) is 0. The smallest absolute Gasteiger partial charge is 0.229 e. The summed E-state index contributed by atoms with van der Waals surface area (Å²) in [6.07, 6.45) is 2.56. The molecule has 2 N–H and O–H groups in total. The van der Waals surface area contributed by atoms with E-state index in [2.05, 4.69) is 6.58 Å². The molecule has 0 bridgehead atoms. The molecule has 0 heterocycles. The maximum absolute atomic E-state index is 12.2. The number of hydrogen-bond acceptors (Lipinski definition) is 1. The molecule has 2 heteroatoms. The van der Waals surface area contributed by atoms with Crippen LogP contribution in [-0.2, 0) is 15.6 Å². The van der Waals surface area contributed by atoms with Crippen LogP contribution in [0.3, 0.4) is 0 Å². The van der Waals surface area contributed by atoms with E-state index in [9.17, 15) is 4.79 Å². The molecule has 0 aromatic heterocycles. The maximum atomic E-state index is 12.2.